The van der Waals surface area contributed by atoms with Gasteiger partial charge in [0.1, 0.15) is 5.75 Å². The summed E-state index contributed by atoms with van der Waals surface area (Å²) in [5, 5.41) is 3.95. The van der Waals surface area contributed by atoms with E-state index < -0.39 is 0 Å². The van der Waals surface area contributed by atoms with Gasteiger partial charge in [-0.1, -0.05) is 18.2 Å². The maximum Gasteiger partial charge on any atom is 0.271 e. The van der Waals surface area contributed by atoms with Crippen LogP contribution in [0.1, 0.15) is 22.8 Å². The molecule has 21 heavy (non-hydrogen) atoms. The minimum absolute atomic E-state index is 0.239. The van der Waals surface area contributed by atoms with Crippen LogP contribution in [0.25, 0.3) is 0 Å². The SMILES string of the molecule is CCOc1ccc(/C=N/NC(=O)c2ccccc2)cc1Br. The van der Waals surface area contributed by atoms with Crippen molar-refractivity contribution in [1.82, 2.24) is 5.43 Å². The molecule has 2 rings (SSSR count). The van der Waals surface area contributed by atoms with Crippen LogP contribution in [0.4, 0.5) is 0 Å². The highest BCUT2D eigenvalue weighted by Crippen LogP contribution is 2.25. The van der Waals surface area contributed by atoms with Gasteiger partial charge in [-0.2, -0.15) is 5.10 Å². The highest BCUT2D eigenvalue weighted by Gasteiger charge is 2.03. The smallest absolute Gasteiger partial charge is 0.271 e. The summed E-state index contributed by atoms with van der Waals surface area (Å²) in [7, 11) is 0. The summed E-state index contributed by atoms with van der Waals surface area (Å²) in [6, 6.07) is 14.5. The fourth-order valence-corrected chi connectivity index (χ4v) is 2.20. The summed E-state index contributed by atoms with van der Waals surface area (Å²) in [5.74, 6) is 0.542. The first-order valence-electron chi connectivity index (χ1n) is 6.51. The van der Waals surface area contributed by atoms with Gasteiger partial charge >= 0.3 is 0 Å². The third-order valence-corrected chi connectivity index (χ3v) is 3.29. The van der Waals surface area contributed by atoms with Crippen molar-refractivity contribution in [1.29, 1.82) is 0 Å². The molecular weight excluding hydrogens is 332 g/mol. The van der Waals surface area contributed by atoms with E-state index in [0.29, 0.717) is 12.2 Å². The quantitative estimate of drug-likeness (QED) is 0.664. The fraction of sp³-hybridized carbons (Fsp3) is 0.125. The largest absolute Gasteiger partial charge is 0.493 e. The van der Waals surface area contributed by atoms with Crippen molar-refractivity contribution >= 4 is 28.1 Å². The summed E-state index contributed by atoms with van der Waals surface area (Å²) in [4.78, 5) is 11.8. The number of carbonyl (C=O) groups excluding carboxylic acids is 1. The average molecular weight is 347 g/mol. The Labute approximate surface area is 132 Å². The van der Waals surface area contributed by atoms with Gasteiger partial charge in [-0.3, -0.25) is 4.79 Å². The summed E-state index contributed by atoms with van der Waals surface area (Å²) in [5.41, 5.74) is 3.92. The van der Waals surface area contributed by atoms with Crippen LogP contribution in [0.3, 0.4) is 0 Å². The Morgan fingerprint density at radius 2 is 2.05 bits per heavy atom. The number of carbonyl (C=O) groups is 1. The number of hydrogen-bond donors (Lipinski definition) is 1. The summed E-state index contributed by atoms with van der Waals surface area (Å²) in [6.45, 7) is 2.54. The van der Waals surface area contributed by atoms with Gasteiger partial charge in [0.2, 0.25) is 0 Å². The van der Waals surface area contributed by atoms with E-state index in [1.54, 1.807) is 18.3 Å². The zero-order valence-electron chi connectivity index (χ0n) is 11.5. The maximum absolute atomic E-state index is 11.8. The molecule has 1 N–H and O–H groups in total. The predicted octanol–water partition coefficient (Wildman–Crippen LogP) is 3.61. The fourth-order valence-electron chi connectivity index (χ4n) is 1.69. The molecule has 0 bridgehead atoms. The molecule has 0 saturated carbocycles. The molecule has 0 aromatic heterocycles. The number of hydrazone groups is 1. The molecule has 0 aliphatic heterocycles. The molecule has 0 unspecified atom stereocenters. The van der Waals surface area contributed by atoms with E-state index in [-0.39, 0.29) is 5.91 Å². The van der Waals surface area contributed by atoms with E-state index >= 15 is 0 Å². The van der Waals surface area contributed by atoms with Gasteiger partial charge in [0, 0.05) is 5.56 Å². The second-order valence-corrected chi connectivity index (χ2v) is 5.04. The number of benzene rings is 2. The van der Waals surface area contributed by atoms with Crippen molar-refractivity contribution < 1.29 is 9.53 Å². The molecular formula is C16H15BrN2O2. The second-order valence-electron chi connectivity index (χ2n) is 4.19. The summed E-state index contributed by atoms with van der Waals surface area (Å²) >= 11 is 3.43. The molecule has 0 fully saturated rings. The standard InChI is InChI=1S/C16H15BrN2O2/c1-2-21-15-9-8-12(10-14(15)17)11-18-19-16(20)13-6-4-3-5-7-13/h3-11H,2H2,1H3,(H,19,20)/b18-11+. The minimum Gasteiger partial charge on any atom is -0.493 e. The highest BCUT2D eigenvalue weighted by molar-refractivity contribution is 9.10. The van der Waals surface area contributed by atoms with Crippen LogP contribution < -0.4 is 10.2 Å². The van der Waals surface area contributed by atoms with Crippen molar-refractivity contribution in [3.63, 3.8) is 0 Å². The van der Waals surface area contributed by atoms with E-state index in [0.717, 1.165) is 15.8 Å². The predicted molar refractivity (Wildman–Crippen MR) is 86.8 cm³/mol. The van der Waals surface area contributed by atoms with Gasteiger partial charge in [0.05, 0.1) is 17.3 Å². The van der Waals surface area contributed by atoms with Crippen LogP contribution in [0.2, 0.25) is 0 Å². The lowest BCUT2D eigenvalue weighted by atomic mass is 10.2. The van der Waals surface area contributed by atoms with E-state index in [2.05, 4.69) is 26.5 Å². The van der Waals surface area contributed by atoms with Crippen LogP contribution >= 0.6 is 15.9 Å². The molecule has 0 aliphatic carbocycles. The molecule has 4 nitrogen and oxygen atoms in total. The molecule has 2 aromatic rings. The number of rotatable bonds is 5. The van der Waals surface area contributed by atoms with Gasteiger partial charge in [-0.05, 0) is 58.7 Å². The van der Waals surface area contributed by atoms with Crippen LogP contribution in [0.15, 0.2) is 58.1 Å². The van der Waals surface area contributed by atoms with Crippen LogP contribution in [-0.4, -0.2) is 18.7 Å². The summed E-state index contributed by atoms with van der Waals surface area (Å²) < 4.78 is 6.28. The lowest BCUT2D eigenvalue weighted by Gasteiger charge is -2.05. The molecule has 0 spiro atoms. The van der Waals surface area contributed by atoms with Crippen molar-refractivity contribution in [2.45, 2.75) is 6.92 Å². The Hall–Kier alpha value is -2.14. The van der Waals surface area contributed by atoms with Gasteiger partial charge in [0.25, 0.3) is 5.91 Å². The molecule has 0 atom stereocenters. The molecule has 0 aliphatic rings. The zero-order valence-corrected chi connectivity index (χ0v) is 13.1. The van der Waals surface area contributed by atoms with E-state index in [1.165, 1.54) is 0 Å². The van der Waals surface area contributed by atoms with Gasteiger partial charge in [-0.15, -0.1) is 0 Å². The Bertz CT molecular complexity index is 642. The average Bonchev–Trinajstić information content (AvgIpc) is 2.51. The third-order valence-electron chi connectivity index (χ3n) is 2.67. The number of hydrogen-bond acceptors (Lipinski definition) is 3. The topological polar surface area (TPSA) is 50.7 Å². The van der Waals surface area contributed by atoms with Crippen LogP contribution in [-0.2, 0) is 0 Å². The zero-order chi connectivity index (χ0) is 15.1. The monoisotopic (exact) mass is 346 g/mol. The lowest BCUT2D eigenvalue weighted by Crippen LogP contribution is -2.17. The molecule has 2 aromatic carbocycles. The molecule has 1 amide bonds. The Balaban J connectivity index is 1.98. The third kappa shape index (κ3) is 4.43. The first-order chi connectivity index (χ1) is 10.2. The van der Waals surface area contributed by atoms with E-state index in [1.807, 2.05) is 43.3 Å². The molecule has 0 saturated heterocycles. The normalized spacial score (nSPS) is 10.6. The number of halogens is 1. The molecule has 5 heteroatoms. The van der Waals surface area contributed by atoms with Crippen molar-refractivity contribution in [3.8, 4) is 5.75 Å². The van der Waals surface area contributed by atoms with Crippen molar-refractivity contribution in [2.24, 2.45) is 5.10 Å². The summed E-state index contributed by atoms with van der Waals surface area (Å²) in [6.07, 6.45) is 1.58. The van der Waals surface area contributed by atoms with Crippen LogP contribution in [0.5, 0.6) is 5.75 Å². The molecule has 0 radical (unpaired) electrons. The van der Waals surface area contributed by atoms with Gasteiger partial charge in [0.15, 0.2) is 0 Å². The Morgan fingerprint density at radius 1 is 1.29 bits per heavy atom. The number of nitrogens with one attached hydrogen (secondary N) is 1. The van der Waals surface area contributed by atoms with E-state index in [9.17, 15) is 4.79 Å². The molecule has 108 valence electrons. The van der Waals surface area contributed by atoms with Crippen LogP contribution in [0, 0.1) is 0 Å². The van der Waals surface area contributed by atoms with E-state index in [4.69, 9.17) is 4.74 Å². The van der Waals surface area contributed by atoms with Crippen molar-refractivity contribution in [3.05, 3.63) is 64.1 Å². The van der Waals surface area contributed by atoms with Crippen molar-refractivity contribution in [2.75, 3.05) is 6.61 Å². The number of amides is 1. The second kappa shape index (κ2) is 7.59. The van der Waals surface area contributed by atoms with Gasteiger partial charge in [-0.25, -0.2) is 5.43 Å². The lowest BCUT2D eigenvalue weighted by molar-refractivity contribution is 0.0955. The first kappa shape index (κ1) is 15.3. The minimum atomic E-state index is -0.239. The first-order valence-corrected chi connectivity index (χ1v) is 7.31. The Kier molecular flexibility index (Phi) is 5.51. The maximum atomic E-state index is 11.8. The van der Waals surface area contributed by atoms with Gasteiger partial charge < -0.3 is 4.74 Å². The number of ether oxygens (including phenoxy) is 1. The number of nitrogens with zero attached hydrogens (tertiary/aromatic N) is 1. The molecule has 0 heterocycles. The Morgan fingerprint density at radius 3 is 2.71 bits per heavy atom. The highest BCUT2D eigenvalue weighted by atomic mass is 79.9.